The topological polar surface area (TPSA) is 75.5 Å². The number of halogens is 3. The van der Waals surface area contributed by atoms with Crippen LogP contribution < -0.4 is 10.2 Å². The van der Waals surface area contributed by atoms with Gasteiger partial charge in [-0.15, -0.1) is 10.2 Å². The van der Waals surface area contributed by atoms with E-state index in [1.54, 1.807) is 12.4 Å². The SMILES string of the molecule is Cn1cnnc1C1(c2cccc(N3Cc4c(cc(CNC5(C)CCC5)cc4C(F)(F)F)C3=O)c2)CC2(CN(C3COC3)C2)C1. The summed E-state index contributed by atoms with van der Waals surface area (Å²) in [5, 5.41) is 12.1. The van der Waals surface area contributed by atoms with Gasteiger partial charge in [0.1, 0.15) is 12.2 Å². The van der Waals surface area contributed by atoms with Crippen LogP contribution in [0.4, 0.5) is 18.9 Å². The van der Waals surface area contributed by atoms with Gasteiger partial charge in [-0.3, -0.25) is 9.69 Å². The van der Waals surface area contributed by atoms with Crippen molar-refractivity contribution in [2.45, 2.75) is 75.3 Å². The van der Waals surface area contributed by atoms with Crippen molar-refractivity contribution in [2.75, 3.05) is 31.2 Å². The molecule has 2 aliphatic carbocycles. The Morgan fingerprint density at radius 1 is 1.11 bits per heavy atom. The summed E-state index contributed by atoms with van der Waals surface area (Å²) >= 11 is 0. The molecule has 8 nitrogen and oxygen atoms in total. The number of hydrogen-bond donors (Lipinski definition) is 1. The Labute approximate surface area is 254 Å². The van der Waals surface area contributed by atoms with Crippen LogP contribution in [0.5, 0.6) is 0 Å². The molecule has 0 atom stereocenters. The van der Waals surface area contributed by atoms with Crippen LogP contribution in [0.3, 0.4) is 0 Å². The lowest BCUT2D eigenvalue weighted by Gasteiger charge is -2.66. The first-order valence-electron chi connectivity index (χ1n) is 15.5. The van der Waals surface area contributed by atoms with Crippen molar-refractivity contribution in [1.82, 2.24) is 25.0 Å². The van der Waals surface area contributed by atoms with Crippen LogP contribution in [0.25, 0.3) is 0 Å². The first-order chi connectivity index (χ1) is 21.0. The molecule has 3 aromatic rings. The molecular formula is C33H37F3N6O2. The van der Waals surface area contributed by atoms with Gasteiger partial charge in [-0.2, -0.15) is 13.2 Å². The number of ether oxygens (including phenoxy) is 1. The van der Waals surface area contributed by atoms with E-state index in [2.05, 4.69) is 33.4 Å². The second kappa shape index (κ2) is 9.61. The number of nitrogens with one attached hydrogen (secondary N) is 1. The number of aromatic nitrogens is 3. The zero-order valence-corrected chi connectivity index (χ0v) is 25.1. The highest BCUT2D eigenvalue weighted by molar-refractivity contribution is 6.10. The van der Waals surface area contributed by atoms with Crippen LogP contribution in [-0.4, -0.2) is 63.5 Å². The molecule has 2 saturated heterocycles. The third-order valence-corrected chi connectivity index (χ3v) is 11.0. The third-order valence-electron chi connectivity index (χ3n) is 11.0. The molecule has 3 aliphatic heterocycles. The first-order valence-corrected chi connectivity index (χ1v) is 15.5. The van der Waals surface area contributed by atoms with Crippen LogP contribution in [-0.2, 0) is 36.5 Å². The molecule has 4 heterocycles. The Morgan fingerprint density at radius 3 is 2.50 bits per heavy atom. The van der Waals surface area contributed by atoms with Crippen LogP contribution in [0.2, 0.25) is 0 Å². The van der Waals surface area contributed by atoms with Gasteiger partial charge in [-0.05, 0) is 85.4 Å². The number of hydrogen-bond acceptors (Lipinski definition) is 6. The van der Waals surface area contributed by atoms with Crippen LogP contribution in [0, 0.1) is 5.41 Å². The molecule has 0 radical (unpaired) electrons. The summed E-state index contributed by atoms with van der Waals surface area (Å²) in [6.45, 7) is 5.92. The number of alkyl halides is 3. The summed E-state index contributed by atoms with van der Waals surface area (Å²) in [5.74, 6) is 0.480. The monoisotopic (exact) mass is 606 g/mol. The van der Waals surface area contributed by atoms with Gasteiger partial charge in [0.2, 0.25) is 0 Å². The molecule has 1 N–H and O–H groups in total. The molecule has 8 rings (SSSR count). The highest BCUT2D eigenvalue weighted by atomic mass is 19.4. The molecule has 5 aliphatic rings. The number of benzene rings is 2. The molecule has 1 aromatic heterocycles. The summed E-state index contributed by atoms with van der Waals surface area (Å²) in [4.78, 5) is 17.8. The number of fused-ring (bicyclic) bond motifs is 1. The summed E-state index contributed by atoms with van der Waals surface area (Å²) in [6, 6.07) is 11.1. The van der Waals surface area contributed by atoms with E-state index in [0.717, 1.165) is 69.8 Å². The first kappa shape index (κ1) is 28.2. The Morgan fingerprint density at radius 2 is 1.89 bits per heavy atom. The van der Waals surface area contributed by atoms with E-state index in [1.807, 2.05) is 29.8 Å². The highest BCUT2D eigenvalue weighted by Crippen LogP contribution is 2.63. The molecule has 2 saturated carbocycles. The maximum absolute atomic E-state index is 14.3. The van der Waals surface area contributed by atoms with Gasteiger partial charge >= 0.3 is 6.18 Å². The third kappa shape index (κ3) is 4.34. The minimum absolute atomic E-state index is 0.0478. The van der Waals surface area contributed by atoms with E-state index in [9.17, 15) is 18.0 Å². The lowest BCUT2D eigenvalue weighted by Crippen LogP contribution is -2.71. The normalized spacial score (nSPS) is 23.6. The maximum Gasteiger partial charge on any atom is 0.416 e. The van der Waals surface area contributed by atoms with E-state index in [4.69, 9.17) is 4.74 Å². The lowest BCUT2D eigenvalue weighted by atomic mass is 9.47. The Bertz CT molecular complexity index is 1630. The molecule has 232 valence electrons. The van der Waals surface area contributed by atoms with E-state index < -0.39 is 17.6 Å². The van der Waals surface area contributed by atoms with Gasteiger partial charge in [0, 0.05) is 43.5 Å². The number of carbonyl (C=O) groups excluding carboxylic acids is 1. The maximum atomic E-state index is 14.3. The van der Waals surface area contributed by atoms with Gasteiger partial charge in [-0.1, -0.05) is 12.1 Å². The molecule has 1 amide bonds. The summed E-state index contributed by atoms with van der Waals surface area (Å²) in [7, 11) is 1.95. The number of likely N-dealkylation sites (tertiary alicyclic amines) is 1. The number of amides is 1. The van der Waals surface area contributed by atoms with Crippen LogP contribution in [0.15, 0.2) is 42.7 Å². The number of nitrogens with zero attached hydrogens (tertiary/aromatic N) is 5. The van der Waals surface area contributed by atoms with E-state index in [-0.39, 0.29) is 34.0 Å². The predicted octanol–water partition coefficient (Wildman–Crippen LogP) is 4.81. The van der Waals surface area contributed by atoms with Crippen molar-refractivity contribution in [1.29, 1.82) is 0 Å². The Kier molecular flexibility index (Phi) is 6.16. The van der Waals surface area contributed by atoms with Gasteiger partial charge < -0.3 is 19.5 Å². The number of carbonyl (C=O) groups is 1. The van der Waals surface area contributed by atoms with Crippen LogP contribution in [0.1, 0.15) is 77.5 Å². The van der Waals surface area contributed by atoms with Crippen molar-refractivity contribution < 1.29 is 22.7 Å². The minimum Gasteiger partial charge on any atom is -0.378 e. The number of rotatable bonds is 7. The zero-order valence-electron chi connectivity index (χ0n) is 25.1. The van der Waals surface area contributed by atoms with Gasteiger partial charge in [-0.25, -0.2) is 0 Å². The highest BCUT2D eigenvalue weighted by Gasteiger charge is 2.63. The predicted molar refractivity (Wildman–Crippen MR) is 157 cm³/mol. The van der Waals surface area contributed by atoms with Crippen molar-refractivity contribution in [3.8, 4) is 0 Å². The molecular weight excluding hydrogens is 569 g/mol. The van der Waals surface area contributed by atoms with E-state index in [0.29, 0.717) is 23.8 Å². The standard InChI is InChI=1S/C33H37F3N6O2/c1-30(7-4-8-30)37-12-21-9-25-26(27(10-21)33(34,35)36)13-42(28(25)43)23-6-3-5-22(11-23)32(29-39-38-20-40(29)2)16-31(17-32)18-41(19-31)24-14-44-15-24/h3,5-6,9-11,20,24,37H,4,7-8,12-19H2,1-2H3. The van der Waals surface area contributed by atoms with Crippen LogP contribution >= 0.6 is 0 Å². The average Bonchev–Trinajstić information content (AvgIpc) is 3.48. The van der Waals surface area contributed by atoms with E-state index >= 15 is 0 Å². The Balaban J connectivity index is 1.09. The van der Waals surface area contributed by atoms with Crippen molar-refractivity contribution in [3.05, 3.63) is 76.4 Å². The molecule has 0 bridgehead atoms. The fourth-order valence-corrected chi connectivity index (χ4v) is 8.37. The Hall–Kier alpha value is -3.28. The molecule has 1 spiro atoms. The molecule has 4 fully saturated rings. The van der Waals surface area contributed by atoms with Gasteiger partial charge in [0.25, 0.3) is 5.91 Å². The van der Waals surface area contributed by atoms with Crippen molar-refractivity contribution >= 4 is 11.6 Å². The summed E-state index contributed by atoms with van der Waals surface area (Å²) < 4.78 is 50.4. The fraction of sp³-hybridized carbons (Fsp3) is 0.545. The average molecular weight is 607 g/mol. The molecule has 11 heteroatoms. The smallest absolute Gasteiger partial charge is 0.378 e. The molecule has 2 aromatic carbocycles. The molecule has 0 unspecified atom stereocenters. The van der Waals surface area contributed by atoms with Gasteiger partial charge in [0.15, 0.2) is 0 Å². The summed E-state index contributed by atoms with van der Waals surface area (Å²) in [6.07, 6.45) is 2.07. The second-order valence-corrected chi connectivity index (χ2v) is 14.2. The quantitative estimate of drug-likeness (QED) is 0.417. The van der Waals surface area contributed by atoms with Crippen molar-refractivity contribution in [2.24, 2.45) is 12.5 Å². The number of anilines is 1. The zero-order chi connectivity index (χ0) is 30.5. The fourth-order valence-electron chi connectivity index (χ4n) is 8.37. The van der Waals surface area contributed by atoms with Crippen molar-refractivity contribution in [3.63, 3.8) is 0 Å². The second-order valence-electron chi connectivity index (χ2n) is 14.2. The van der Waals surface area contributed by atoms with Gasteiger partial charge in [0.05, 0.1) is 36.8 Å². The van der Waals surface area contributed by atoms with E-state index in [1.165, 1.54) is 11.0 Å². The molecule has 44 heavy (non-hydrogen) atoms. The largest absolute Gasteiger partial charge is 0.416 e. The minimum atomic E-state index is -4.56. The number of aryl methyl sites for hydroxylation is 1. The lowest BCUT2D eigenvalue weighted by molar-refractivity contribution is -0.170. The summed E-state index contributed by atoms with van der Waals surface area (Å²) in [5.41, 5.74) is 1.32.